The van der Waals surface area contributed by atoms with E-state index < -0.39 is 12.2 Å². The Morgan fingerprint density at radius 1 is 1.04 bits per heavy atom. The minimum atomic E-state index is -0.665. The van der Waals surface area contributed by atoms with Gasteiger partial charge in [-0.25, -0.2) is 0 Å². The lowest BCUT2D eigenvalue weighted by molar-refractivity contribution is -0.167. The summed E-state index contributed by atoms with van der Waals surface area (Å²) in [6, 6.07) is 0. The molecule has 138 valence electrons. The summed E-state index contributed by atoms with van der Waals surface area (Å²) in [7, 11) is 0. The molecule has 24 heavy (non-hydrogen) atoms. The van der Waals surface area contributed by atoms with E-state index in [9.17, 15) is 15.0 Å². The van der Waals surface area contributed by atoms with Gasteiger partial charge in [-0.1, -0.05) is 0 Å². The van der Waals surface area contributed by atoms with Gasteiger partial charge in [-0.15, -0.1) is 0 Å². The van der Waals surface area contributed by atoms with Crippen molar-refractivity contribution in [1.82, 2.24) is 9.80 Å². The van der Waals surface area contributed by atoms with Gasteiger partial charge in [0, 0.05) is 26.2 Å². The Kier molecular flexibility index (Phi) is 6.49. The number of aliphatic hydroxyl groups is 2. The smallest absolute Gasteiger partial charge is 0.254 e. The molecule has 0 aliphatic carbocycles. The second kappa shape index (κ2) is 8.61. The van der Waals surface area contributed by atoms with Crippen LogP contribution >= 0.6 is 0 Å². The maximum atomic E-state index is 12.5. The maximum absolute atomic E-state index is 12.5. The van der Waals surface area contributed by atoms with Crippen LogP contribution < -0.4 is 0 Å². The fourth-order valence-corrected chi connectivity index (χ4v) is 4.15. The van der Waals surface area contributed by atoms with Gasteiger partial charge in [0.1, 0.15) is 0 Å². The van der Waals surface area contributed by atoms with Crippen molar-refractivity contribution in [2.24, 2.45) is 5.92 Å². The summed E-state index contributed by atoms with van der Waals surface area (Å²) in [5.74, 6) is 0.443. The van der Waals surface area contributed by atoms with Crippen LogP contribution in [0.3, 0.4) is 0 Å². The number of hydrogen-bond acceptors (Lipinski definition) is 5. The van der Waals surface area contributed by atoms with Crippen LogP contribution in [0.4, 0.5) is 0 Å². The lowest BCUT2D eigenvalue weighted by atomic mass is 9.96. The minimum Gasteiger partial charge on any atom is -0.396 e. The summed E-state index contributed by atoms with van der Waals surface area (Å²) in [6.07, 6.45) is 5.40. The predicted octanol–water partition coefficient (Wildman–Crippen LogP) is 0.612. The second-order valence-corrected chi connectivity index (χ2v) is 7.61. The van der Waals surface area contributed by atoms with Crippen LogP contribution in [0.15, 0.2) is 0 Å². The average Bonchev–Trinajstić information content (AvgIpc) is 3.15. The van der Waals surface area contributed by atoms with Gasteiger partial charge < -0.3 is 24.7 Å². The number of amides is 1. The van der Waals surface area contributed by atoms with Crippen LogP contribution in [0.2, 0.25) is 0 Å². The number of carbonyl (C=O) groups excluding carboxylic acids is 1. The zero-order valence-corrected chi connectivity index (χ0v) is 14.6. The third-order valence-corrected chi connectivity index (χ3v) is 5.87. The van der Waals surface area contributed by atoms with Crippen LogP contribution in [-0.4, -0.2) is 83.6 Å². The van der Waals surface area contributed by atoms with Crippen molar-refractivity contribution in [2.75, 3.05) is 39.3 Å². The van der Waals surface area contributed by atoms with Crippen molar-refractivity contribution in [3.8, 4) is 0 Å². The minimum absolute atomic E-state index is 0.0199. The van der Waals surface area contributed by atoms with Gasteiger partial charge in [0.05, 0.1) is 12.2 Å². The zero-order chi connectivity index (χ0) is 16.9. The molecule has 3 unspecified atom stereocenters. The third kappa shape index (κ3) is 4.48. The summed E-state index contributed by atoms with van der Waals surface area (Å²) < 4.78 is 6.00. The van der Waals surface area contributed by atoms with E-state index in [1.807, 2.05) is 4.90 Å². The molecule has 2 N–H and O–H groups in total. The molecule has 0 saturated carbocycles. The van der Waals surface area contributed by atoms with E-state index in [1.165, 1.54) is 0 Å². The van der Waals surface area contributed by atoms with Crippen LogP contribution in [-0.2, 0) is 9.53 Å². The maximum Gasteiger partial charge on any atom is 0.254 e. The fraction of sp³-hybridized carbons (Fsp3) is 0.944. The number of rotatable bonds is 5. The number of ether oxygens (including phenoxy) is 1. The summed E-state index contributed by atoms with van der Waals surface area (Å²) in [4.78, 5) is 16.8. The van der Waals surface area contributed by atoms with Crippen LogP contribution in [0.1, 0.15) is 44.9 Å². The van der Waals surface area contributed by atoms with E-state index in [2.05, 4.69) is 4.90 Å². The first-order valence-corrected chi connectivity index (χ1v) is 9.63. The fourth-order valence-electron chi connectivity index (χ4n) is 4.15. The Morgan fingerprint density at radius 2 is 1.75 bits per heavy atom. The molecule has 0 aromatic heterocycles. The largest absolute Gasteiger partial charge is 0.396 e. The number of aliphatic hydroxyl groups excluding tert-OH is 2. The molecule has 0 radical (unpaired) electrons. The van der Waals surface area contributed by atoms with Crippen molar-refractivity contribution < 1.29 is 19.7 Å². The topological polar surface area (TPSA) is 73.2 Å². The molecule has 0 bridgehead atoms. The quantitative estimate of drug-likeness (QED) is 0.767. The van der Waals surface area contributed by atoms with Gasteiger partial charge in [-0.05, 0) is 64.0 Å². The summed E-state index contributed by atoms with van der Waals surface area (Å²) in [6.45, 7) is 4.96. The van der Waals surface area contributed by atoms with Crippen LogP contribution in [0.5, 0.6) is 0 Å². The molecule has 3 heterocycles. The molecule has 1 amide bonds. The number of nitrogens with zero attached hydrogens (tertiary/aromatic N) is 2. The Labute approximate surface area is 144 Å². The van der Waals surface area contributed by atoms with E-state index in [1.54, 1.807) is 0 Å². The molecule has 0 aromatic carbocycles. The summed E-state index contributed by atoms with van der Waals surface area (Å²) >= 11 is 0. The van der Waals surface area contributed by atoms with Gasteiger partial charge in [0.2, 0.25) is 0 Å². The number of carbonyl (C=O) groups is 1. The molecular weight excluding hydrogens is 308 g/mol. The average molecular weight is 340 g/mol. The standard InChI is InChI=1S/C18H32N2O4/c21-13-14-5-10-19(11-6-14)12-7-15-3-4-16(22)17(24-15)18(23)20-8-1-2-9-20/h14-17,21-22H,1-13H2. The molecule has 6 nitrogen and oxygen atoms in total. The number of hydrogen-bond donors (Lipinski definition) is 2. The highest BCUT2D eigenvalue weighted by molar-refractivity contribution is 5.82. The lowest BCUT2D eigenvalue weighted by Gasteiger charge is -2.37. The molecule has 3 rings (SSSR count). The molecule has 3 saturated heterocycles. The molecule has 6 heteroatoms. The van der Waals surface area contributed by atoms with E-state index in [-0.39, 0.29) is 12.0 Å². The van der Waals surface area contributed by atoms with Gasteiger partial charge in [0.15, 0.2) is 6.10 Å². The van der Waals surface area contributed by atoms with Crippen LogP contribution in [0, 0.1) is 5.92 Å². The zero-order valence-electron chi connectivity index (χ0n) is 14.6. The van der Waals surface area contributed by atoms with E-state index in [0.29, 0.717) is 18.9 Å². The highest BCUT2D eigenvalue weighted by atomic mass is 16.5. The van der Waals surface area contributed by atoms with Crippen molar-refractivity contribution >= 4 is 5.91 Å². The number of likely N-dealkylation sites (tertiary alicyclic amines) is 2. The molecule has 3 aliphatic heterocycles. The molecule has 0 spiro atoms. The Balaban J connectivity index is 1.44. The van der Waals surface area contributed by atoms with Gasteiger partial charge in [-0.2, -0.15) is 0 Å². The van der Waals surface area contributed by atoms with Crippen molar-refractivity contribution in [1.29, 1.82) is 0 Å². The third-order valence-electron chi connectivity index (χ3n) is 5.87. The summed E-state index contributed by atoms with van der Waals surface area (Å²) in [5.41, 5.74) is 0. The normalized spacial score (nSPS) is 33.1. The molecular formula is C18H32N2O4. The predicted molar refractivity (Wildman–Crippen MR) is 90.6 cm³/mol. The first-order valence-electron chi connectivity index (χ1n) is 9.63. The van der Waals surface area contributed by atoms with E-state index in [4.69, 9.17) is 4.74 Å². The van der Waals surface area contributed by atoms with Crippen molar-refractivity contribution in [2.45, 2.75) is 63.3 Å². The van der Waals surface area contributed by atoms with E-state index >= 15 is 0 Å². The molecule has 3 atom stereocenters. The lowest BCUT2D eigenvalue weighted by Crippen LogP contribution is -2.50. The van der Waals surface area contributed by atoms with Gasteiger partial charge >= 0.3 is 0 Å². The Bertz CT molecular complexity index is 406. The molecule has 3 aliphatic rings. The second-order valence-electron chi connectivity index (χ2n) is 7.61. The first kappa shape index (κ1) is 18.1. The SMILES string of the molecule is O=C(C1OC(CCN2CCC(CO)CC2)CCC1O)N1CCCC1. The summed E-state index contributed by atoms with van der Waals surface area (Å²) in [5, 5.41) is 19.4. The first-order chi connectivity index (χ1) is 11.7. The van der Waals surface area contributed by atoms with Gasteiger partial charge in [-0.3, -0.25) is 4.79 Å². The van der Waals surface area contributed by atoms with Gasteiger partial charge in [0.25, 0.3) is 5.91 Å². The Hall–Kier alpha value is -0.690. The molecule has 0 aromatic rings. The highest BCUT2D eigenvalue weighted by Crippen LogP contribution is 2.25. The monoisotopic (exact) mass is 340 g/mol. The Morgan fingerprint density at radius 3 is 2.42 bits per heavy atom. The number of piperidine rings is 1. The van der Waals surface area contributed by atoms with Crippen molar-refractivity contribution in [3.05, 3.63) is 0 Å². The molecule has 3 fully saturated rings. The highest BCUT2D eigenvalue weighted by Gasteiger charge is 2.38. The van der Waals surface area contributed by atoms with E-state index in [0.717, 1.165) is 71.2 Å². The van der Waals surface area contributed by atoms with Crippen molar-refractivity contribution in [3.63, 3.8) is 0 Å². The van der Waals surface area contributed by atoms with Crippen LogP contribution in [0.25, 0.3) is 0 Å².